The summed E-state index contributed by atoms with van der Waals surface area (Å²) in [7, 11) is 0. The Morgan fingerprint density at radius 2 is 2.05 bits per heavy atom. The molecule has 22 heavy (non-hydrogen) atoms. The molecule has 2 N–H and O–H groups in total. The second-order valence-electron chi connectivity index (χ2n) is 5.00. The molecule has 0 aliphatic heterocycles. The average Bonchev–Trinajstić information content (AvgIpc) is 2.54. The van der Waals surface area contributed by atoms with E-state index in [0.29, 0.717) is 12.2 Å². The number of pyridine rings is 1. The van der Waals surface area contributed by atoms with Crippen molar-refractivity contribution in [3.05, 3.63) is 52.8 Å². The molecule has 0 radical (unpaired) electrons. The van der Waals surface area contributed by atoms with Crippen LogP contribution in [0, 0.1) is 0 Å². The summed E-state index contributed by atoms with van der Waals surface area (Å²) in [6, 6.07) is 11.4. The summed E-state index contributed by atoms with van der Waals surface area (Å²) < 4.78 is 0.970. The maximum atomic E-state index is 12.1. The molecule has 0 bridgehead atoms. The lowest BCUT2D eigenvalue weighted by Crippen LogP contribution is -2.25. The Bertz CT molecular complexity index is 631. The highest BCUT2D eigenvalue weighted by atomic mass is 79.9. The Labute approximate surface area is 139 Å². The lowest BCUT2D eigenvalue weighted by Gasteiger charge is -2.09. The Morgan fingerprint density at radius 1 is 1.23 bits per heavy atom. The molecule has 5 heteroatoms. The topological polar surface area (TPSA) is 54.0 Å². The Morgan fingerprint density at radius 3 is 2.82 bits per heavy atom. The van der Waals surface area contributed by atoms with Crippen LogP contribution < -0.4 is 10.6 Å². The molecule has 0 aliphatic rings. The highest BCUT2D eigenvalue weighted by molar-refractivity contribution is 9.10. The molecule has 0 atom stereocenters. The van der Waals surface area contributed by atoms with Crippen molar-refractivity contribution in [2.75, 3.05) is 11.9 Å². The van der Waals surface area contributed by atoms with Crippen LogP contribution in [0.15, 0.2) is 47.1 Å². The van der Waals surface area contributed by atoms with Crippen LogP contribution in [0.2, 0.25) is 0 Å². The number of carbonyl (C=O) groups excluding carboxylic acids is 1. The monoisotopic (exact) mass is 361 g/mol. The number of nitrogens with zero attached hydrogens (tertiary/aromatic N) is 1. The first-order chi connectivity index (χ1) is 10.7. The Kier molecular flexibility index (Phi) is 6.40. The molecule has 1 heterocycles. The summed E-state index contributed by atoms with van der Waals surface area (Å²) >= 11 is 3.49. The summed E-state index contributed by atoms with van der Waals surface area (Å²) in [5.74, 6) is -0.133. The van der Waals surface area contributed by atoms with Gasteiger partial charge in [-0.2, -0.15) is 0 Å². The highest BCUT2D eigenvalue weighted by Gasteiger charge is 2.08. The fraction of sp³-hybridized carbons (Fsp3) is 0.294. The van der Waals surface area contributed by atoms with Crippen LogP contribution >= 0.6 is 15.9 Å². The molecule has 0 saturated carbocycles. The van der Waals surface area contributed by atoms with Crippen molar-refractivity contribution in [2.24, 2.45) is 0 Å². The lowest BCUT2D eigenvalue weighted by atomic mass is 10.2. The first-order valence-corrected chi connectivity index (χ1v) is 8.26. The van der Waals surface area contributed by atoms with E-state index in [1.54, 1.807) is 12.3 Å². The van der Waals surface area contributed by atoms with Crippen LogP contribution in [0.1, 0.15) is 36.7 Å². The first kappa shape index (κ1) is 16.5. The molecule has 1 aromatic heterocycles. The van der Waals surface area contributed by atoms with Gasteiger partial charge < -0.3 is 10.6 Å². The molecular weight excluding hydrogens is 342 g/mol. The van der Waals surface area contributed by atoms with Gasteiger partial charge in [0, 0.05) is 22.9 Å². The maximum absolute atomic E-state index is 12.1. The summed E-state index contributed by atoms with van der Waals surface area (Å²) in [5, 5.41) is 6.17. The van der Waals surface area contributed by atoms with Crippen LogP contribution in [-0.2, 0) is 0 Å². The summed E-state index contributed by atoms with van der Waals surface area (Å²) in [6.07, 6.45) is 4.90. The molecule has 0 saturated heterocycles. The number of hydrogen-bond acceptors (Lipinski definition) is 3. The third-order valence-corrected chi connectivity index (χ3v) is 3.90. The third kappa shape index (κ3) is 4.84. The third-order valence-electron chi connectivity index (χ3n) is 3.21. The standard InChI is InChI=1S/C17H20BrN3O/c1-2-3-6-10-20-17(22)16-12-13(9-11-19-16)21-15-8-5-4-7-14(15)18/h4-5,7-9,11-12H,2-3,6,10H2,1H3,(H,19,21)(H,20,22). The van der Waals surface area contributed by atoms with Crippen molar-refractivity contribution in [1.82, 2.24) is 10.3 Å². The average molecular weight is 362 g/mol. The highest BCUT2D eigenvalue weighted by Crippen LogP contribution is 2.25. The van der Waals surface area contributed by atoms with Crippen molar-refractivity contribution in [1.29, 1.82) is 0 Å². The molecule has 1 aromatic carbocycles. The fourth-order valence-corrected chi connectivity index (χ4v) is 2.40. The van der Waals surface area contributed by atoms with E-state index >= 15 is 0 Å². The van der Waals surface area contributed by atoms with Gasteiger partial charge in [0.25, 0.3) is 5.91 Å². The first-order valence-electron chi connectivity index (χ1n) is 7.46. The van der Waals surface area contributed by atoms with E-state index in [2.05, 4.69) is 38.5 Å². The predicted octanol–water partition coefficient (Wildman–Crippen LogP) is 4.51. The number of amides is 1. The van der Waals surface area contributed by atoms with Crippen molar-refractivity contribution in [2.45, 2.75) is 26.2 Å². The van der Waals surface area contributed by atoms with E-state index in [0.717, 1.165) is 35.1 Å². The van der Waals surface area contributed by atoms with E-state index in [1.165, 1.54) is 0 Å². The number of para-hydroxylation sites is 1. The number of nitrogens with one attached hydrogen (secondary N) is 2. The molecule has 0 unspecified atom stereocenters. The molecule has 1 amide bonds. The van der Waals surface area contributed by atoms with Crippen molar-refractivity contribution in [3.63, 3.8) is 0 Å². The van der Waals surface area contributed by atoms with Gasteiger partial charge in [-0.1, -0.05) is 31.9 Å². The molecule has 2 rings (SSSR count). The number of halogens is 1. The molecule has 0 fully saturated rings. The minimum absolute atomic E-state index is 0.133. The van der Waals surface area contributed by atoms with Gasteiger partial charge in [-0.05, 0) is 46.6 Å². The largest absolute Gasteiger partial charge is 0.354 e. The van der Waals surface area contributed by atoms with Gasteiger partial charge in [0.05, 0.1) is 5.69 Å². The second-order valence-corrected chi connectivity index (χ2v) is 5.85. The zero-order chi connectivity index (χ0) is 15.8. The molecule has 0 aliphatic carbocycles. The Balaban J connectivity index is 2.00. The zero-order valence-electron chi connectivity index (χ0n) is 12.6. The number of anilines is 2. The van der Waals surface area contributed by atoms with Gasteiger partial charge >= 0.3 is 0 Å². The number of benzene rings is 1. The predicted molar refractivity (Wildman–Crippen MR) is 93.5 cm³/mol. The zero-order valence-corrected chi connectivity index (χ0v) is 14.2. The quantitative estimate of drug-likeness (QED) is 0.713. The molecule has 0 spiro atoms. The van der Waals surface area contributed by atoms with E-state index in [1.807, 2.05) is 30.3 Å². The van der Waals surface area contributed by atoms with Crippen molar-refractivity contribution < 1.29 is 4.79 Å². The second kappa shape index (κ2) is 8.54. The smallest absolute Gasteiger partial charge is 0.269 e. The fourth-order valence-electron chi connectivity index (χ4n) is 2.02. The van der Waals surface area contributed by atoms with Gasteiger partial charge in [0.2, 0.25) is 0 Å². The van der Waals surface area contributed by atoms with E-state index in [-0.39, 0.29) is 5.91 Å². The van der Waals surface area contributed by atoms with Crippen molar-refractivity contribution >= 4 is 33.2 Å². The van der Waals surface area contributed by atoms with Crippen molar-refractivity contribution in [3.8, 4) is 0 Å². The van der Waals surface area contributed by atoms with Gasteiger partial charge in [-0.3, -0.25) is 9.78 Å². The summed E-state index contributed by atoms with van der Waals surface area (Å²) in [6.45, 7) is 2.83. The number of unbranched alkanes of at least 4 members (excludes halogenated alkanes) is 2. The van der Waals surface area contributed by atoms with Crippen LogP contribution in [0.3, 0.4) is 0 Å². The van der Waals surface area contributed by atoms with Gasteiger partial charge in [0.15, 0.2) is 0 Å². The normalized spacial score (nSPS) is 10.3. The maximum Gasteiger partial charge on any atom is 0.269 e. The van der Waals surface area contributed by atoms with E-state index in [9.17, 15) is 4.79 Å². The lowest BCUT2D eigenvalue weighted by molar-refractivity contribution is 0.0948. The number of aromatic nitrogens is 1. The van der Waals surface area contributed by atoms with E-state index < -0.39 is 0 Å². The number of rotatable bonds is 7. The van der Waals surface area contributed by atoms with Gasteiger partial charge in [0.1, 0.15) is 5.69 Å². The minimum atomic E-state index is -0.133. The minimum Gasteiger partial charge on any atom is -0.354 e. The number of carbonyl (C=O) groups is 1. The summed E-state index contributed by atoms with van der Waals surface area (Å²) in [4.78, 5) is 16.2. The number of hydrogen-bond donors (Lipinski definition) is 2. The Hall–Kier alpha value is -1.88. The molecular formula is C17H20BrN3O. The SMILES string of the molecule is CCCCCNC(=O)c1cc(Nc2ccccc2Br)ccn1. The van der Waals surface area contributed by atoms with Crippen LogP contribution in [-0.4, -0.2) is 17.4 Å². The molecule has 4 nitrogen and oxygen atoms in total. The van der Waals surface area contributed by atoms with Crippen LogP contribution in [0.5, 0.6) is 0 Å². The summed E-state index contributed by atoms with van der Waals surface area (Å²) in [5.41, 5.74) is 2.21. The van der Waals surface area contributed by atoms with Crippen LogP contribution in [0.25, 0.3) is 0 Å². The van der Waals surface area contributed by atoms with E-state index in [4.69, 9.17) is 0 Å². The van der Waals surface area contributed by atoms with Gasteiger partial charge in [-0.15, -0.1) is 0 Å². The molecule has 116 valence electrons. The molecule has 2 aromatic rings. The van der Waals surface area contributed by atoms with Gasteiger partial charge in [-0.25, -0.2) is 0 Å². The van der Waals surface area contributed by atoms with Crippen LogP contribution in [0.4, 0.5) is 11.4 Å².